The molecule has 2 aromatic heterocycles. The van der Waals surface area contributed by atoms with Crippen molar-refractivity contribution < 1.29 is 9.53 Å². The summed E-state index contributed by atoms with van der Waals surface area (Å²) in [6, 6.07) is 7.46. The second-order valence-electron chi connectivity index (χ2n) is 6.58. The fourth-order valence-corrected chi connectivity index (χ4v) is 5.03. The van der Waals surface area contributed by atoms with Gasteiger partial charge < -0.3 is 9.64 Å². The van der Waals surface area contributed by atoms with Crippen LogP contribution in [0, 0.1) is 0 Å². The molecule has 2 heterocycles. The number of halogens is 1. The molecule has 0 aliphatic carbocycles. The van der Waals surface area contributed by atoms with Gasteiger partial charge in [0.05, 0.1) is 11.1 Å². The molecule has 0 saturated heterocycles. The summed E-state index contributed by atoms with van der Waals surface area (Å²) in [7, 11) is 5.05. The van der Waals surface area contributed by atoms with Crippen molar-refractivity contribution in [1.29, 1.82) is 0 Å². The van der Waals surface area contributed by atoms with Crippen molar-refractivity contribution in [2.24, 2.45) is 0 Å². The molecule has 6 nitrogen and oxygen atoms in total. The van der Waals surface area contributed by atoms with E-state index in [0.29, 0.717) is 40.0 Å². The summed E-state index contributed by atoms with van der Waals surface area (Å²) in [6.45, 7) is 0.998. The fraction of sp³-hybridized carbons (Fsp3) is 0.350. The maximum absolute atomic E-state index is 13.4. The highest BCUT2D eigenvalue weighted by Gasteiger charge is 2.19. The molecule has 1 aromatic carbocycles. The Kier molecular flexibility index (Phi) is 7.34. The number of hydrogen-bond acceptors (Lipinski definition) is 6. The van der Waals surface area contributed by atoms with Gasteiger partial charge in [0, 0.05) is 55.9 Å². The van der Waals surface area contributed by atoms with Gasteiger partial charge in [-0.15, -0.1) is 11.3 Å². The summed E-state index contributed by atoms with van der Waals surface area (Å²) in [4.78, 5) is 32.3. The van der Waals surface area contributed by atoms with Gasteiger partial charge in [-0.05, 0) is 12.5 Å². The SMILES string of the molecule is COCCCn1c(SCC(=O)N(C)C)nc2scc(-c3ccccc3Cl)c2c1=O. The van der Waals surface area contributed by atoms with E-state index in [-0.39, 0.29) is 17.2 Å². The quantitative estimate of drug-likeness (QED) is 0.294. The van der Waals surface area contributed by atoms with Crippen LogP contribution >= 0.6 is 34.7 Å². The van der Waals surface area contributed by atoms with Crippen LogP contribution in [-0.2, 0) is 16.1 Å². The lowest BCUT2D eigenvalue weighted by atomic mass is 10.1. The Morgan fingerprint density at radius 2 is 2.07 bits per heavy atom. The summed E-state index contributed by atoms with van der Waals surface area (Å²) < 4.78 is 6.78. The van der Waals surface area contributed by atoms with Crippen LogP contribution < -0.4 is 5.56 Å². The first-order valence-corrected chi connectivity index (χ1v) is 11.3. The van der Waals surface area contributed by atoms with Crippen molar-refractivity contribution >= 4 is 50.8 Å². The van der Waals surface area contributed by atoms with E-state index in [0.717, 1.165) is 11.1 Å². The smallest absolute Gasteiger partial charge is 0.263 e. The van der Waals surface area contributed by atoms with Crippen molar-refractivity contribution in [2.75, 3.05) is 33.6 Å². The fourth-order valence-electron chi connectivity index (χ4n) is 2.81. The third-order valence-electron chi connectivity index (χ3n) is 4.38. The van der Waals surface area contributed by atoms with E-state index in [1.165, 1.54) is 28.0 Å². The zero-order valence-corrected chi connectivity index (χ0v) is 18.9. The number of carbonyl (C=O) groups excluding carboxylic acids is 1. The Morgan fingerprint density at radius 3 is 2.76 bits per heavy atom. The Morgan fingerprint density at radius 1 is 1.31 bits per heavy atom. The number of amides is 1. The van der Waals surface area contributed by atoms with Gasteiger partial charge in [-0.25, -0.2) is 4.98 Å². The molecule has 0 unspecified atom stereocenters. The highest BCUT2D eigenvalue weighted by Crippen LogP contribution is 2.35. The topological polar surface area (TPSA) is 64.4 Å². The highest BCUT2D eigenvalue weighted by atomic mass is 35.5. The van der Waals surface area contributed by atoms with Gasteiger partial charge in [0.15, 0.2) is 5.16 Å². The molecule has 0 bridgehead atoms. The van der Waals surface area contributed by atoms with Crippen LogP contribution in [0.1, 0.15) is 6.42 Å². The average molecular weight is 452 g/mol. The summed E-state index contributed by atoms with van der Waals surface area (Å²) in [6.07, 6.45) is 0.671. The third kappa shape index (κ3) is 4.83. The maximum atomic E-state index is 13.4. The molecule has 0 N–H and O–H groups in total. The van der Waals surface area contributed by atoms with Gasteiger partial charge in [-0.2, -0.15) is 0 Å². The van der Waals surface area contributed by atoms with Crippen molar-refractivity contribution in [3.8, 4) is 11.1 Å². The minimum Gasteiger partial charge on any atom is -0.385 e. The zero-order chi connectivity index (χ0) is 21.0. The average Bonchev–Trinajstić information content (AvgIpc) is 3.12. The lowest BCUT2D eigenvalue weighted by Crippen LogP contribution is -2.26. The molecule has 0 aliphatic rings. The van der Waals surface area contributed by atoms with E-state index in [1.54, 1.807) is 25.8 Å². The minimum absolute atomic E-state index is 0.0317. The van der Waals surface area contributed by atoms with Crippen LogP contribution in [-0.4, -0.2) is 53.9 Å². The second kappa shape index (κ2) is 9.75. The molecule has 29 heavy (non-hydrogen) atoms. The molecule has 0 fully saturated rings. The van der Waals surface area contributed by atoms with Gasteiger partial charge in [0.2, 0.25) is 5.91 Å². The van der Waals surface area contributed by atoms with E-state index in [1.807, 2.05) is 29.6 Å². The van der Waals surface area contributed by atoms with Gasteiger partial charge in [-0.3, -0.25) is 14.2 Å². The molecule has 154 valence electrons. The highest BCUT2D eigenvalue weighted by molar-refractivity contribution is 7.99. The van der Waals surface area contributed by atoms with Crippen LogP contribution in [0.15, 0.2) is 39.6 Å². The van der Waals surface area contributed by atoms with E-state index < -0.39 is 0 Å². The Balaban J connectivity index is 2.09. The molecule has 1 amide bonds. The minimum atomic E-state index is -0.123. The molecule has 3 rings (SSSR count). The van der Waals surface area contributed by atoms with Crippen LogP contribution in [0.2, 0.25) is 5.02 Å². The molecular weight excluding hydrogens is 430 g/mol. The lowest BCUT2D eigenvalue weighted by molar-refractivity contribution is -0.125. The predicted molar refractivity (Wildman–Crippen MR) is 120 cm³/mol. The maximum Gasteiger partial charge on any atom is 0.263 e. The summed E-state index contributed by atoms with van der Waals surface area (Å²) >= 11 is 9.05. The molecule has 0 spiro atoms. The number of ether oxygens (including phenoxy) is 1. The Bertz CT molecular complexity index is 1080. The normalized spacial score (nSPS) is 11.2. The first kappa shape index (κ1) is 21.8. The van der Waals surface area contributed by atoms with Crippen LogP contribution in [0.4, 0.5) is 0 Å². The standard InChI is InChI=1S/C20H22ClN3O3S2/c1-23(2)16(25)12-29-20-22-18-17(19(26)24(20)9-6-10-27-3)14(11-28-18)13-7-4-5-8-15(13)21/h4-5,7-8,11H,6,9-10,12H2,1-3H3. The number of carbonyl (C=O) groups is 1. The first-order chi connectivity index (χ1) is 13.9. The summed E-state index contributed by atoms with van der Waals surface area (Å²) in [5, 5.41) is 3.61. The molecule has 3 aromatic rings. The number of benzene rings is 1. The van der Waals surface area contributed by atoms with E-state index in [4.69, 9.17) is 21.3 Å². The number of thioether (sulfide) groups is 1. The lowest BCUT2D eigenvalue weighted by Gasteiger charge is -2.14. The second-order valence-corrected chi connectivity index (χ2v) is 8.79. The molecule has 0 radical (unpaired) electrons. The number of aromatic nitrogens is 2. The van der Waals surface area contributed by atoms with E-state index >= 15 is 0 Å². The largest absolute Gasteiger partial charge is 0.385 e. The summed E-state index contributed by atoms with van der Waals surface area (Å²) in [5.41, 5.74) is 1.47. The van der Waals surface area contributed by atoms with Gasteiger partial charge in [0.1, 0.15) is 4.83 Å². The van der Waals surface area contributed by atoms with Crippen molar-refractivity contribution in [3.05, 3.63) is 45.0 Å². The van der Waals surface area contributed by atoms with Crippen LogP contribution in [0.25, 0.3) is 21.3 Å². The number of fused-ring (bicyclic) bond motifs is 1. The Hall–Kier alpha value is -1.87. The third-order valence-corrected chi connectivity index (χ3v) is 6.54. The van der Waals surface area contributed by atoms with Crippen molar-refractivity contribution in [3.63, 3.8) is 0 Å². The Labute approximate surface area is 182 Å². The van der Waals surface area contributed by atoms with Crippen molar-refractivity contribution in [2.45, 2.75) is 18.1 Å². The van der Waals surface area contributed by atoms with Gasteiger partial charge in [-0.1, -0.05) is 41.6 Å². The number of methoxy groups -OCH3 is 1. The number of nitrogens with zero attached hydrogens (tertiary/aromatic N) is 3. The number of thiophene rings is 1. The molecule has 0 aliphatic heterocycles. The molecule has 0 saturated carbocycles. The monoisotopic (exact) mass is 451 g/mol. The molecule has 0 atom stereocenters. The van der Waals surface area contributed by atoms with Crippen LogP contribution in [0.5, 0.6) is 0 Å². The van der Waals surface area contributed by atoms with Gasteiger partial charge >= 0.3 is 0 Å². The summed E-state index contributed by atoms with van der Waals surface area (Å²) in [5.74, 6) is 0.188. The number of hydrogen-bond donors (Lipinski definition) is 0. The van der Waals surface area contributed by atoms with Gasteiger partial charge in [0.25, 0.3) is 5.56 Å². The molecule has 9 heteroatoms. The number of rotatable bonds is 8. The van der Waals surface area contributed by atoms with E-state index in [2.05, 4.69) is 0 Å². The van der Waals surface area contributed by atoms with Crippen molar-refractivity contribution in [1.82, 2.24) is 14.5 Å². The molecular formula is C20H22ClN3O3S2. The van der Waals surface area contributed by atoms with Crippen LogP contribution in [0.3, 0.4) is 0 Å². The first-order valence-electron chi connectivity index (χ1n) is 9.03. The predicted octanol–water partition coefficient (Wildman–Crippen LogP) is 4.00. The van der Waals surface area contributed by atoms with E-state index in [9.17, 15) is 9.59 Å². The zero-order valence-electron chi connectivity index (χ0n) is 16.5.